The summed E-state index contributed by atoms with van der Waals surface area (Å²) in [6.45, 7) is 2.90. The maximum atomic E-state index is 13.3. The van der Waals surface area contributed by atoms with E-state index in [4.69, 9.17) is 5.73 Å². The summed E-state index contributed by atoms with van der Waals surface area (Å²) in [5, 5.41) is 0. The maximum Gasteiger partial charge on any atom is 0.123 e. The van der Waals surface area contributed by atoms with Crippen LogP contribution in [0.5, 0.6) is 0 Å². The van der Waals surface area contributed by atoms with Crippen molar-refractivity contribution in [2.45, 2.75) is 44.7 Å². The second-order valence-electron chi connectivity index (χ2n) is 5.74. The lowest BCUT2D eigenvalue weighted by molar-refractivity contribution is 0.0988. The van der Waals surface area contributed by atoms with Gasteiger partial charge in [0, 0.05) is 12.1 Å². The van der Waals surface area contributed by atoms with E-state index in [-0.39, 0.29) is 11.9 Å². The Balaban J connectivity index is 2.11. The molecule has 0 heterocycles. The van der Waals surface area contributed by atoms with Crippen molar-refractivity contribution in [1.82, 2.24) is 4.90 Å². The van der Waals surface area contributed by atoms with Gasteiger partial charge in [-0.25, -0.2) is 4.39 Å². The molecule has 3 heteroatoms. The molecule has 0 amide bonds. The van der Waals surface area contributed by atoms with E-state index in [0.717, 1.165) is 12.1 Å². The number of benzene rings is 1. The van der Waals surface area contributed by atoms with Crippen molar-refractivity contribution in [3.8, 4) is 0 Å². The van der Waals surface area contributed by atoms with E-state index in [1.807, 2.05) is 6.07 Å². The second kappa shape index (κ2) is 6.49. The minimum absolute atomic E-state index is 0.156. The fourth-order valence-corrected chi connectivity index (χ4v) is 3.29. The van der Waals surface area contributed by atoms with E-state index in [0.29, 0.717) is 12.0 Å². The Bertz CT molecular complexity index is 407. The molecule has 2 N–H and O–H groups in total. The van der Waals surface area contributed by atoms with Crippen LogP contribution in [0.2, 0.25) is 0 Å². The van der Waals surface area contributed by atoms with Gasteiger partial charge in [-0.3, -0.25) is 4.90 Å². The number of hydrogen-bond acceptors (Lipinski definition) is 2. The van der Waals surface area contributed by atoms with Crippen LogP contribution >= 0.6 is 0 Å². The summed E-state index contributed by atoms with van der Waals surface area (Å²) in [5.41, 5.74) is 6.95. The summed E-state index contributed by atoms with van der Waals surface area (Å²) in [7, 11) is 2.15. The molecule has 3 atom stereocenters. The highest BCUT2D eigenvalue weighted by Crippen LogP contribution is 2.32. The van der Waals surface area contributed by atoms with E-state index in [1.165, 1.54) is 31.7 Å². The van der Waals surface area contributed by atoms with Crippen LogP contribution in [-0.2, 0) is 0 Å². The molecule has 2 nitrogen and oxygen atoms in total. The highest BCUT2D eigenvalue weighted by Gasteiger charge is 2.29. The predicted molar refractivity (Wildman–Crippen MR) is 77.4 cm³/mol. The molecule has 1 aliphatic carbocycles. The number of rotatable bonds is 4. The molecule has 1 aromatic carbocycles. The highest BCUT2D eigenvalue weighted by molar-refractivity contribution is 5.19. The van der Waals surface area contributed by atoms with Crippen LogP contribution in [0.4, 0.5) is 4.39 Å². The Labute approximate surface area is 115 Å². The largest absolute Gasteiger partial charge is 0.330 e. The summed E-state index contributed by atoms with van der Waals surface area (Å²) in [4.78, 5) is 2.38. The first-order valence-electron chi connectivity index (χ1n) is 7.31. The number of nitrogens with zero attached hydrogens (tertiary/aromatic N) is 1. The Morgan fingerprint density at radius 1 is 1.37 bits per heavy atom. The lowest BCUT2D eigenvalue weighted by atomic mass is 9.83. The van der Waals surface area contributed by atoms with Crippen molar-refractivity contribution >= 4 is 0 Å². The zero-order chi connectivity index (χ0) is 13.8. The van der Waals surface area contributed by atoms with Crippen molar-refractivity contribution in [3.63, 3.8) is 0 Å². The molecule has 0 aliphatic heterocycles. The molecule has 1 saturated carbocycles. The highest BCUT2D eigenvalue weighted by atomic mass is 19.1. The number of nitrogens with two attached hydrogens (primary N) is 1. The van der Waals surface area contributed by atoms with E-state index < -0.39 is 0 Å². The molecule has 1 fully saturated rings. The number of halogens is 1. The van der Waals surface area contributed by atoms with E-state index in [2.05, 4.69) is 18.9 Å². The lowest BCUT2D eigenvalue weighted by Crippen LogP contribution is -2.44. The third kappa shape index (κ3) is 3.34. The Morgan fingerprint density at radius 3 is 2.79 bits per heavy atom. The standard InChI is InChI=1S/C16H25FN2/c1-12(13-7-5-8-15(17)10-13)19(2)16-9-4-3-6-14(16)11-18/h5,7-8,10,12,14,16H,3-4,6,9,11,18H2,1-2H3. The molecule has 0 aromatic heterocycles. The van der Waals surface area contributed by atoms with Crippen molar-refractivity contribution in [1.29, 1.82) is 0 Å². The molecule has 0 saturated heterocycles. The lowest BCUT2D eigenvalue weighted by Gasteiger charge is -2.40. The van der Waals surface area contributed by atoms with Gasteiger partial charge < -0.3 is 5.73 Å². The smallest absolute Gasteiger partial charge is 0.123 e. The average molecular weight is 264 g/mol. The first kappa shape index (κ1) is 14.5. The molecule has 0 radical (unpaired) electrons. The molecule has 0 bridgehead atoms. The molecule has 1 aliphatic rings. The third-order valence-corrected chi connectivity index (χ3v) is 4.64. The fourth-order valence-electron chi connectivity index (χ4n) is 3.29. The normalized spacial score (nSPS) is 25.5. The Hall–Kier alpha value is -0.930. The molecule has 3 unspecified atom stereocenters. The van der Waals surface area contributed by atoms with Crippen LogP contribution in [-0.4, -0.2) is 24.5 Å². The van der Waals surface area contributed by atoms with Gasteiger partial charge in [0.1, 0.15) is 5.82 Å². The van der Waals surface area contributed by atoms with Crippen molar-refractivity contribution in [2.75, 3.05) is 13.6 Å². The molecule has 106 valence electrons. The first-order chi connectivity index (χ1) is 9.13. The van der Waals surface area contributed by atoms with Gasteiger partial charge in [-0.2, -0.15) is 0 Å². The summed E-state index contributed by atoms with van der Waals surface area (Å²) in [5.74, 6) is 0.423. The molecule has 2 rings (SSSR count). The maximum absolute atomic E-state index is 13.3. The topological polar surface area (TPSA) is 29.3 Å². The van der Waals surface area contributed by atoms with Gasteiger partial charge in [0.15, 0.2) is 0 Å². The van der Waals surface area contributed by atoms with Crippen LogP contribution < -0.4 is 5.73 Å². The van der Waals surface area contributed by atoms with Crippen LogP contribution in [0.25, 0.3) is 0 Å². The van der Waals surface area contributed by atoms with Gasteiger partial charge in [0.2, 0.25) is 0 Å². The van der Waals surface area contributed by atoms with Crippen LogP contribution in [0.15, 0.2) is 24.3 Å². The van der Waals surface area contributed by atoms with E-state index in [9.17, 15) is 4.39 Å². The SMILES string of the molecule is CC(c1cccc(F)c1)N(C)C1CCCCC1CN. The third-order valence-electron chi connectivity index (χ3n) is 4.64. The Morgan fingerprint density at radius 2 is 2.11 bits per heavy atom. The Kier molecular flexibility index (Phi) is 4.94. The second-order valence-corrected chi connectivity index (χ2v) is 5.74. The van der Waals surface area contributed by atoms with Crippen molar-refractivity contribution in [3.05, 3.63) is 35.6 Å². The summed E-state index contributed by atoms with van der Waals surface area (Å²) in [6.07, 6.45) is 5.00. The number of hydrogen-bond donors (Lipinski definition) is 1. The van der Waals surface area contributed by atoms with Crippen LogP contribution in [0, 0.1) is 11.7 Å². The van der Waals surface area contributed by atoms with Crippen LogP contribution in [0.3, 0.4) is 0 Å². The van der Waals surface area contributed by atoms with Gasteiger partial charge in [-0.1, -0.05) is 25.0 Å². The molecular formula is C16H25FN2. The monoisotopic (exact) mass is 264 g/mol. The predicted octanol–water partition coefficient (Wildman–Crippen LogP) is 3.34. The van der Waals surface area contributed by atoms with Crippen molar-refractivity contribution < 1.29 is 4.39 Å². The van der Waals surface area contributed by atoms with Gasteiger partial charge in [0.25, 0.3) is 0 Å². The first-order valence-corrected chi connectivity index (χ1v) is 7.31. The van der Waals surface area contributed by atoms with Gasteiger partial charge in [-0.05, 0) is 57.0 Å². The van der Waals surface area contributed by atoms with Gasteiger partial charge >= 0.3 is 0 Å². The average Bonchev–Trinajstić information content (AvgIpc) is 2.45. The van der Waals surface area contributed by atoms with Crippen molar-refractivity contribution in [2.24, 2.45) is 11.7 Å². The van der Waals surface area contributed by atoms with E-state index in [1.54, 1.807) is 12.1 Å². The van der Waals surface area contributed by atoms with E-state index >= 15 is 0 Å². The summed E-state index contributed by atoms with van der Waals surface area (Å²) < 4.78 is 13.3. The fraction of sp³-hybridized carbons (Fsp3) is 0.625. The minimum Gasteiger partial charge on any atom is -0.330 e. The summed E-state index contributed by atoms with van der Waals surface area (Å²) >= 11 is 0. The van der Waals surface area contributed by atoms with Gasteiger partial charge in [0.05, 0.1) is 0 Å². The van der Waals surface area contributed by atoms with Gasteiger partial charge in [-0.15, -0.1) is 0 Å². The quantitative estimate of drug-likeness (QED) is 0.903. The molecule has 0 spiro atoms. The van der Waals surface area contributed by atoms with Crippen LogP contribution in [0.1, 0.15) is 44.2 Å². The molecule has 19 heavy (non-hydrogen) atoms. The zero-order valence-corrected chi connectivity index (χ0v) is 12.0. The zero-order valence-electron chi connectivity index (χ0n) is 12.0. The minimum atomic E-state index is -0.156. The molecule has 1 aromatic rings. The summed E-state index contributed by atoms with van der Waals surface area (Å²) in [6, 6.07) is 7.69. The molecular weight excluding hydrogens is 239 g/mol.